The molecule has 0 spiro atoms. The van der Waals surface area contributed by atoms with E-state index in [2.05, 4.69) is 23.3 Å². The zero-order valence-electron chi connectivity index (χ0n) is 10.6. The molecule has 0 atom stereocenters. The minimum absolute atomic E-state index is 0.434. The van der Waals surface area contributed by atoms with Gasteiger partial charge in [0.15, 0.2) is 0 Å². The Morgan fingerprint density at radius 2 is 2.37 bits per heavy atom. The average molecular weight is 309 g/mol. The third-order valence-electron chi connectivity index (χ3n) is 2.51. The minimum Gasteiger partial charge on any atom is -0.389 e. The topological polar surface area (TPSA) is 50.9 Å². The maximum atomic E-state index is 5.86. The highest BCUT2D eigenvalue weighted by atomic mass is 32.2. The Kier molecular flexibility index (Phi) is 5.18. The van der Waals surface area contributed by atoms with Crippen LogP contribution in [0.3, 0.4) is 0 Å². The van der Waals surface area contributed by atoms with Crippen molar-refractivity contribution < 1.29 is 0 Å². The number of hydrogen-bond donors (Lipinski definition) is 2. The molecule has 0 saturated carbocycles. The van der Waals surface area contributed by atoms with Crippen molar-refractivity contribution >= 4 is 46.0 Å². The van der Waals surface area contributed by atoms with Gasteiger partial charge in [-0.25, -0.2) is 0 Å². The summed E-state index contributed by atoms with van der Waals surface area (Å²) in [5.41, 5.74) is 9.62. The van der Waals surface area contributed by atoms with E-state index in [-0.39, 0.29) is 0 Å². The summed E-state index contributed by atoms with van der Waals surface area (Å²) in [5.74, 6) is 0.994. The average Bonchev–Trinajstić information content (AvgIpc) is 2.89. The summed E-state index contributed by atoms with van der Waals surface area (Å²) in [4.78, 5) is 6.81. The quantitative estimate of drug-likeness (QED) is 0.632. The summed E-state index contributed by atoms with van der Waals surface area (Å²) in [5, 5.41) is 3.39. The smallest absolute Gasteiger partial charge is 0.107 e. The van der Waals surface area contributed by atoms with Crippen LogP contribution in [0, 0.1) is 0 Å². The zero-order valence-corrected chi connectivity index (χ0v) is 13.0. The lowest BCUT2D eigenvalue weighted by molar-refractivity contribution is 1.16. The minimum atomic E-state index is 0.434. The molecule has 1 aromatic heterocycles. The molecule has 1 heterocycles. The van der Waals surface area contributed by atoms with E-state index in [9.17, 15) is 0 Å². The fraction of sp³-hybridized carbons (Fsp3) is 0.231. The molecule has 0 radical (unpaired) electrons. The first-order chi connectivity index (χ1) is 9.22. The predicted octanol–water partition coefficient (Wildman–Crippen LogP) is 3.50. The fourth-order valence-corrected chi connectivity index (χ4v) is 3.39. The monoisotopic (exact) mass is 309 g/mol. The number of benzene rings is 1. The van der Waals surface area contributed by atoms with Crippen molar-refractivity contribution in [3.05, 3.63) is 40.3 Å². The molecule has 3 N–H and O–H groups in total. The van der Waals surface area contributed by atoms with Gasteiger partial charge in [0.05, 0.1) is 12.1 Å². The van der Waals surface area contributed by atoms with Gasteiger partial charge in [-0.1, -0.05) is 25.2 Å². The van der Waals surface area contributed by atoms with Crippen LogP contribution in [0.15, 0.2) is 34.8 Å². The number of nitrogens with two attached hydrogens (primary N) is 1. The van der Waals surface area contributed by atoms with Gasteiger partial charge in [0.1, 0.15) is 4.99 Å². The summed E-state index contributed by atoms with van der Waals surface area (Å²) in [6.45, 7) is 2.85. The van der Waals surface area contributed by atoms with Crippen molar-refractivity contribution in [3.63, 3.8) is 0 Å². The van der Waals surface area contributed by atoms with Crippen LogP contribution in [0.25, 0.3) is 0 Å². The number of nitrogens with zero attached hydrogens (tertiary/aromatic N) is 1. The van der Waals surface area contributed by atoms with Crippen molar-refractivity contribution in [2.75, 3.05) is 11.1 Å². The van der Waals surface area contributed by atoms with Crippen molar-refractivity contribution in [3.8, 4) is 0 Å². The standard InChI is InChI=1S/C13H15N3S3/c1-2-18-11-5-3-4-10(12(11)13(14)17)16-7-9-6-15-8-19-9/h3-6,8,16H,2,7H2,1H3,(H2,14,17). The summed E-state index contributed by atoms with van der Waals surface area (Å²) < 4.78 is 0. The lowest BCUT2D eigenvalue weighted by atomic mass is 10.1. The second kappa shape index (κ2) is 6.88. The molecule has 1 aromatic carbocycles. The van der Waals surface area contributed by atoms with Gasteiger partial charge in [0.2, 0.25) is 0 Å². The Balaban J connectivity index is 2.23. The molecule has 2 rings (SSSR count). The Hall–Kier alpha value is -1.11. The third kappa shape index (κ3) is 3.68. The molecule has 19 heavy (non-hydrogen) atoms. The van der Waals surface area contributed by atoms with Crippen molar-refractivity contribution in [2.45, 2.75) is 18.4 Å². The Morgan fingerprint density at radius 1 is 1.53 bits per heavy atom. The largest absolute Gasteiger partial charge is 0.389 e. The number of anilines is 1. The zero-order chi connectivity index (χ0) is 13.7. The summed E-state index contributed by atoms with van der Waals surface area (Å²) in [7, 11) is 0. The van der Waals surface area contributed by atoms with Gasteiger partial charge in [0, 0.05) is 27.2 Å². The Bertz CT molecular complexity index is 552. The van der Waals surface area contributed by atoms with Crippen molar-refractivity contribution in [2.24, 2.45) is 5.73 Å². The van der Waals surface area contributed by atoms with Crippen LogP contribution >= 0.6 is 35.3 Å². The summed E-state index contributed by atoms with van der Waals surface area (Å²) >= 11 is 8.56. The number of nitrogens with one attached hydrogen (secondary N) is 1. The molecule has 0 aliphatic rings. The van der Waals surface area contributed by atoms with Crippen LogP contribution in [-0.2, 0) is 6.54 Å². The lowest BCUT2D eigenvalue weighted by Crippen LogP contribution is -2.14. The van der Waals surface area contributed by atoms with Crippen LogP contribution in [0.1, 0.15) is 17.4 Å². The molecule has 6 heteroatoms. The lowest BCUT2D eigenvalue weighted by Gasteiger charge is -2.14. The second-order valence-electron chi connectivity index (χ2n) is 3.80. The van der Waals surface area contributed by atoms with E-state index < -0.39 is 0 Å². The number of thioether (sulfide) groups is 1. The molecule has 3 nitrogen and oxygen atoms in total. The normalized spacial score (nSPS) is 10.4. The van der Waals surface area contributed by atoms with Crippen LogP contribution < -0.4 is 11.1 Å². The van der Waals surface area contributed by atoms with Crippen LogP contribution in [0.5, 0.6) is 0 Å². The van der Waals surface area contributed by atoms with Gasteiger partial charge in [-0.15, -0.1) is 23.1 Å². The first-order valence-electron chi connectivity index (χ1n) is 5.89. The molecule has 100 valence electrons. The molecule has 0 saturated heterocycles. The van der Waals surface area contributed by atoms with E-state index >= 15 is 0 Å². The van der Waals surface area contributed by atoms with E-state index in [1.807, 2.05) is 23.8 Å². The maximum Gasteiger partial charge on any atom is 0.107 e. The van der Waals surface area contributed by atoms with E-state index in [4.69, 9.17) is 18.0 Å². The molecule has 0 aliphatic carbocycles. The van der Waals surface area contributed by atoms with E-state index in [0.29, 0.717) is 4.99 Å². The van der Waals surface area contributed by atoms with Gasteiger partial charge in [0.25, 0.3) is 0 Å². The molecule has 0 unspecified atom stereocenters. The highest BCUT2D eigenvalue weighted by Gasteiger charge is 2.11. The maximum absolute atomic E-state index is 5.86. The number of thiazole rings is 1. The first-order valence-corrected chi connectivity index (χ1v) is 8.16. The number of hydrogen-bond acceptors (Lipinski definition) is 5. The predicted molar refractivity (Wildman–Crippen MR) is 88.2 cm³/mol. The van der Waals surface area contributed by atoms with Gasteiger partial charge >= 0.3 is 0 Å². The summed E-state index contributed by atoms with van der Waals surface area (Å²) in [6.07, 6.45) is 1.86. The molecule has 0 aliphatic heterocycles. The molecule has 0 amide bonds. The molecular formula is C13H15N3S3. The molecular weight excluding hydrogens is 294 g/mol. The summed E-state index contributed by atoms with van der Waals surface area (Å²) in [6, 6.07) is 6.09. The van der Waals surface area contributed by atoms with Gasteiger partial charge in [-0.3, -0.25) is 4.98 Å². The Morgan fingerprint density at radius 3 is 3.00 bits per heavy atom. The Labute approximate surface area is 126 Å². The van der Waals surface area contributed by atoms with Crippen LogP contribution in [0.4, 0.5) is 5.69 Å². The number of rotatable bonds is 6. The highest BCUT2D eigenvalue weighted by Crippen LogP contribution is 2.29. The van der Waals surface area contributed by atoms with E-state index in [0.717, 1.165) is 28.4 Å². The first kappa shape index (κ1) is 14.3. The molecule has 2 aromatic rings. The van der Waals surface area contributed by atoms with E-state index in [1.54, 1.807) is 23.1 Å². The van der Waals surface area contributed by atoms with Gasteiger partial charge in [-0.2, -0.15) is 0 Å². The second-order valence-corrected chi connectivity index (χ2v) is 6.51. The van der Waals surface area contributed by atoms with Crippen molar-refractivity contribution in [1.82, 2.24) is 4.98 Å². The fourth-order valence-electron chi connectivity index (χ4n) is 1.72. The molecule has 0 bridgehead atoms. The highest BCUT2D eigenvalue weighted by molar-refractivity contribution is 7.99. The third-order valence-corrected chi connectivity index (χ3v) is 4.43. The number of thiocarbonyl (C=S) groups is 1. The van der Waals surface area contributed by atoms with Crippen molar-refractivity contribution in [1.29, 1.82) is 0 Å². The number of aromatic nitrogens is 1. The van der Waals surface area contributed by atoms with Crippen LogP contribution in [0.2, 0.25) is 0 Å². The van der Waals surface area contributed by atoms with Gasteiger partial charge in [-0.05, 0) is 17.9 Å². The van der Waals surface area contributed by atoms with E-state index in [1.165, 1.54) is 4.88 Å². The SMILES string of the molecule is CCSc1cccc(NCc2cncs2)c1C(N)=S. The van der Waals surface area contributed by atoms with Gasteiger partial charge < -0.3 is 11.1 Å². The van der Waals surface area contributed by atoms with Crippen LogP contribution in [-0.4, -0.2) is 15.7 Å². The molecule has 0 fully saturated rings.